The van der Waals surface area contributed by atoms with E-state index in [1.54, 1.807) is 12.0 Å². The van der Waals surface area contributed by atoms with Gasteiger partial charge in [-0.3, -0.25) is 9.69 Å². The Labute approximate surface area is 155 Å². The molecule has 0 unspecified atom stereocenters. The number of carbonyl (C=O) groups excluding carboxylic acids is 1. The molecule has 0 radical (unpaired) electrons. The van der Waals surface area contributed by atoms with Crippen molar-refractivity contribution in [2.24, 2.45) is 0 Å². The minimum Gasteiger partial charge on any atom is -0.497 e. The quantitative estimate of drug-likeness (QED) is 0.819. The van der Waals surface area contributed by atoms with Gasteiger partial charge in [-0.2, -0.15) is 13.2 Å². The molecule has 27 heavy (non-hydrogen) atoms. The number of anilines is 1. The maximum absolute atomic E-state index is 12.6. The van der Waals surface area contributed by atoms with Crippen molar-refractivity contribution < 1.29 is 27.7 Å². The van der Waals surface area contributed by atoms with Crippen LogP contribution in [0.5, 0.6) is 5.75 Å². The van der Waals surface area contributed by atoms with Gasteiger partial charge in [0.25, 0.3) is 5.82 Å². The summed E-state index contributed by atoms with van der Waals surface area (Å²) in [5, 5.41) is 0. The first kappa shape index (κ1) is 19.0. The number of halogens is 3. The number of methoxy groups -OCH3 is 1. The van der Waals surface area contributed by atoms with E-state index in [9.17, 15) is 18.0 Å². The van der Waals surface area contributed by atoms with Gasteiger partial charge in [-0.1, -0.05) is 12.1 Å². The Kier molecular flexibility index (Phi) is 5.53. The van der Waals surface area contributed by atoms with E-state index in [1.807, 2.05) is 29.2 Å². The van der Waals surface area contributed by atoms with Gasteiger partial charge in [0.1, 0.15) is 25.0 Å². The van der Waals surface area contributed by atoms with Crippen LogP contribution < -0.4 is 14.6 Å². The fourth-order valence-electron chi connectivity index (χ4n) is 3.02. The van der Waals surface area contributed by atoms with Gasteiger partial charge < -0.3 is 9.64 Å². The van der Waals surface area contributed by atoms with Crippen molar-refractivity contribution in [3.8, 4) is 5.75 Å². The molecule has 3 rings (SSSR count). The van der Waals surface area contributed by atoms with Crippen LogP contribution in [0.4, 0.5) is 19.0 Å². The average molecular weight is 380 g/mol. The van der Waals surface area contributed by atoms with Crippen molar-refractivity contribution in [1.82, 2.24) is 4.90 Å². The van der Waals surface area contributed by atoms with Crippen molar-refractivity contribution in [2.45, 2.75) is 12.6 Å². The van der Waals surface area contributed by atoms with Crippen LogP contribution in [0.15, 0.2) is 42.6 Å². The van der Waals surface area contributed by atoms with Crippen LogP contribution in [0.1, 0.15) is 11.1 Å². The number of ether oxygens (including phenoxy) is 1. The molecule has 0 saturated carbocycles. The Balaban J connectivity index is 1.54. The first-order chi connectivity index (χ1) is 12.9. The van der Waals surface area contributed by atoms with Crippen LogP contribution in [0.2, 0.25) is 0 Å². The number of amides is 1. The maximum Gasteiger partial charge on any atom is 0.419 e. The van der Waals surface area contributed by atoms with E-state index in [0.29, 0.717) is 38.4 Å². The van der Waals surface area contributed by atoms with Gasteiger partial charge in [-0.25, -0.2) is 4.98 Å². The number of H-pyrrole nitrogens is 1. The van der Waals surface area contributed by atoms with Gasteiger partial charge in [0.2, 0.25) is 5.91 Å². The molecular weight excluding hydrogens is 359 g/mol. The van der Waals surface area contributed by atoms with Gasteiger partial charge in [0.05, 0.1) is 32.2 Å². The third-order valence-electron chi connectivity index (χ3n) is 4.61. The van der Waals surface area contributed by atoms with E-state index in [4.69, 9.17) is 4.74 Å². The fourth-order valence-corrected chi connectivity index (χ4v) is 3.02. The van der Waals surface area contributed by atoms with Crippen LogP contribution in [-0.2, 0) is 17.4 Å². The van der Waals surface area contributed by atoms with Crippen LogP contribution in [0.3, 0.4) is 0 Å². The number of hydrogen-bond donors (Lipinski definition) is 0. The fraction of sp³-hybridized carbons (Fsp3) is 0.368. The smallest absolute Gasteiger partial charge is 0.419 e. The highest BCUT2D eigenvalue weighted by molar-refractivity contribution is 5.79. The number of rotatable bonds is 4. The first-order valence-corrected chi connectivity index (χ1v) is 8.61. The lowest BCUT2D eigenvalue weighted by Gasteiger charge is -2.31. The molecule has 144 valence electrons. The van der Waals surface area contributed by atoms with Crippen LogP contribution in [0, 0.1) is 0 Å². The zero-order chi connectivity index (χ0) is 19.4. The summed E-state index contributed by atoms with van der Waals surface area (Å²) in [6.45, 7) is 2.19. The highest BCUT2D eigenvalue weighted by atomic mass is 19.4. The van der Waals surface area contributed by atoms with E-state index < -0.39 is 11.7 Å². The average Bonchev–Trinajstić information content (AvgIpc) is 2.68. The predicted octanol–water partition coefficient (Wildman–Crippen LogP) is 2.42. The second kappa shape index (κ2) is 7.85. The molecule has 1 aliphatic rings. The molecule has 1 saturated heterocycles. The number of carbonyl (C=O) groups is 1. The summed E-state index contributed by atoms with van der Waals surface area (Å²) in [5.74, 6) is 1.40. The molecule has 5 nitrogen and oxygen atoms in total. The Bertz CT molecular complexity index is 768. The number of aromatic nitrogens is 1. The highest BCUT2D eigenvalue weighted by Crippen LogP contribution is 2.28. The molecule has 0 atom stereocenters. The minimum atomic E-state index is -4.36. The van der Waals surface area contributed by atoms with Gasteiger partial charge in [0.15, 0.2) is 0 Å². The summed E-state index contributed by atoms with van der Waals surface area (Å²) in [7, 11) is 1.59. The molecule has 0 spiro atoms. The van der Waals surface area contributed by atoms with E-state index in [0.717, 1.165) is 23.6 Å². The number of aromatic amines is 1. The monoisotopic (exact) mass is 380 g/mol. The first-order valence-electron chi connectivity index (χ1n) is 8.61. The SMILES string of the molecule is COc1ccc(CC(=O)N2CCN(c3ccc(C(F)(F)F)c[nH+]3)CC2)cc1. The second-order valence-corrected chi connectivity index (χ2v) is 6.35. The van der Waals surface area contributed by atoms with E-state index in [-0.39, 0.29) is 5.91 Å². The van der Waals surface area contributed by atoms with Crippen LogP contribution in [0.25, 0.3) is 0 Å². The second-order valence-electron chi connectivity index (χ2n) is 6.35. The molecular formula is C19H21F3N3O2+. The molecule has 1 fully saturated rings. The number of nitrogens with one attached hydrogen (secondary N) is 1. The molecule has 1 aromatic carbocycles. The molecule has 1 N–H and O–H groups in total. The summed E-state index contributed by atoms with van der Waals surface area (Å²) >= 11 is 0. The summed E-state index contributed by atoms with van der Waals surface area (Å²) in [5.41, 5.74) is 0.207. The van der Waals surface area contributed by atoms with Crippen molar-refractivity contribution >= 4 is 11.7 Å². The predicted molar refractivity (Wildman–Crippen MR) is 93.5 cm³/mol. The standard InChI is InChI=1S/C19H20F3N3O2/c1-27-16-5-2-14(3-6-16)12-18(26)25-10-8-24(9-11-25)17-7-4-15(13-23-17)19(20,21)22/h2-7,13H,8-12H2,1H3/p+1. The molecule has 2 heterocycles. The Morgan fingerprint density at radius 1 is 1.07 bits per heavy atom. The van der Waals surface area contributed by atoms with Crippen molar-refractivity contribution in [2.75, 3.05) is 38.2 Å². The molecule has 1 amide bonds. The van der Waals surface area contributed by atoms with Crippen LogP contribution >= 0.6 is 0 Å². The summed E-state index contributed by atoms with van der Waals surface area (Å²) < 4.78 is 43.0. The molecule has 1 aromatic heterocycles. The van der Waals surface area contributed by atoms with Gasteiger partial charge in [0, 0.05) is 6.07 Å². The molecule has 8 heteroatoms. The summed E-state index contributed by atoms with van der Waals surface area (Å²) in [4.78, 5) is 18.9. The van der Waals surface area contributed by atoms with E-state index in [2.05, 4.69) is 4.98 Å². The molecule has 0 aliphatic carbocycles. The lowest BCUT2D eigenvalue weighted by atomic mass is 10.1. The Morgan fingerprint density at radius 2 is 1.74 bits per heavy atom. The van der Waals surface area contributed by atoms with Crippen molar-refractivity contribution in [1.29, 1.82) is 0 Å². The zero-order valence-electron chi connectivity index (χ0n) is 14.9. The van der Waals surface area contributed by atoms with Gasteiger partial charge in [-0.15, -0.1) is 0 Å². The third kappa shape index (κ3) is 4.69. The van der Waals surface area contributed by atoms with Crippen molar-refractivity contribution in [3.05, 3.63) is 53.7 Å². The number of pyridine rings is 1. The number of piperazine rings is 1. The van der Waals surface area contributed by atoms with Gasteiger partial charge >= 0.3 is 6.18 Å². The van der Waals surface area contributed by atoms with E-state index in [1.165, 1.54) is 6.07 Å². The highest BCUT2D eigenvalue weighted by Gasteiger charge is 2.33. The van der Waals surface area contributed by atoms with Crippen LogP contribution in [-0.4, -0.2) is 44.1 Å². The Hall–Kier alpha value is -2.77. The zero-order valence-corrected chi connectivity index (χ0v) is 14.9. The summed E-state index contributed by atoms with van der Waals surface area (Å²) in [6.07, 6.45) is -3.07. The number of hydrogen-bond acceptors (Lipinski definition) is 3. The molecule has 1 aliphatic heterocycles. The number of alkyl halides is 3. The topological polar surface area (TPSA) is 46.9 Å². The summed E-state index contributed by atoms with van der Waals surface area (Å²) in [6, 6.07) is 9.86. The van der Waals surface area contributed by atoms with Crippen molar-refractivity contribution in [3.63, 3.8) is 0 Å². The Morgan fingerprint density at radius 3 is 2.26 bits per heavy atom. The number of nitrogens with zero attached hydrogens (tertiary/aromatic N) is 2. The number of benzene rings is 1. The minimum absolute atomic E-state index is 0.0382. The maximum atomic E-state index is 12.6. The molecule has 0 bridgehead atoms. The van der Waals surface area contributed by atoms with E-state index >= 15 is 0 Å². The lowest BCUT2D eigenvalue weighted by molar-refractivity contribution is -0.367. The van der Waals surface area contributed by atoms with Gasteiger partial charge in [-0.05, 0) is 23.8 Å². The lowest BCUT2D eigenvalue weighted by Crippen LogP contribution is -2.50. The molecule has 2 aromatic rings. The largest absolute Gasteiger partial charge is 0.497 e. The third-order valence-corrected chi connectivity index (χ3v) is 4.61. The normalized spacial score (nSPS) is 15.0.